The van der Waals surface area contributed by atoms with Gasteiger partial charge >= 0.3 is 12.1 Å². The molecule has 2 aromatic rings. The molecule has 2 amide bonds. The molecule has 1 saturated carbocycles. The number of fused-ring (bicyclic) bond motifs is 3. The van der Waals surface area contributed by atoms with Gasteiger partial charge in [0, 0.05) is 17.9 Å². The number of carboxylic acids is 1. The summed E-state index contributed by atoms with van der Waals surface area (Å²) in [6, 6.07) is 16.2. The zero-order valence-corrected chi connectivity index (χ0v) is 20.4. The first kappa shape index (κ1) is 24.8. The SMILES string of the molecule is CCC(CC)(NC(=O)C1CCCC(NC(=O)OCC2c3ccccc3-c3ccccc32)C1)C(=O)O. The van der Waals surface area contributed by atoms with Crippen LogP contribution in [-0.4, -0.2) is 41.3 Å². The van der Waals surface area contributed by atoms with Crippen LogP contribution in [0.4, 0.5) is 4.79 Å². The van der Waals surface area contributed by atoms with Crippen molar-refractivity contribution in [1.29, 1.82) is 0 Å². The van der Waals surface area contributed by atoms with Crippen molar-refractivity contribution in [3.8, 4) is 11.1 Å². The molecule has 0 bridgehead atoms. The number of carboxylic acid groups (broad SMARTS) is 1. The first-order valence-corrected chi connectivity index (χ1v) is 12.6. The Balaban J connectivity index is 1.34. The van der Waals surface area contributed by atoms with Crippen molar-refractivity contribution >= 4 is 18.0 Å². The summed E-state index contributed by atoms with van der Waals surface area (Å²) in [5, 5.41) is 15.3. The van der Waals surface area contributed by atoms with E-state index < -0.39 is 17.6 Å². The van der Waals surface area contributed by atoms with Crippen LogP contribution in [0, 0.1) is 5.92 Å². The lowest BCUT2D eigenvalue weighted by Gasteiger charge is -2.33. The van der Waals surface area contributed by atoms with Crippen molar-refractivity contribution in [2.24, 2.45) is 5.92 Å². The largest absolute Gasteiger partial charge is 0.480 e. The number of benzene rings is 2. The molecule has 2 aliphatic carbocycles. The van der Waals surface area contributed by atoms with E-state index in [1.54, 1.807) is 13.8 Å². The van der Waals surface area contributed by atoms with Crippen molar-refractivity contribution in [2.45, 2.75) is 69.9 Å². The summed E-state index contributed by atoms with van der Waals surface area (Å²) >= 11 is 0. The topological polar surface area (TPSA) is 105 Å². The average Bonchev–Trinajstić information content (AvgIpc) is 3.19. The summed E-state index contributed by atoms with van der Waals surface area (Å²) in [4.78, 5) is 37.3. The van der Waals surface area contributed by atoms with E-state index in [9.17, 15) is 19.5 Å². The quantitative estimate of drug-likeness (QED) is 0.503. The van der Waals surface area contributed by atoms with Crippen LogP contribution in [-0.2, 0) is 14.3 Å². The number of alkyl carbamates (subject to hydrolysis) is 1. The van der Waals surface area contributed by atoms with Gasteiger partial charge in [-0.05, 0) is 54.4 Å². The van der Waals surface area contributed by atoms with Gasteiger partial charge in [-0.3, -0.25) is 4.79 Å². The Kier molecular flexibility index (Phi) is 7.43. The molecule has 1 fully saturated rings. The van der Waals surface area contributed by atoms with Crippen LogP contribution < -0.4 is 10.6 Å². The summed E-state index contributed by atoms with van der Waals surface area (Å²) in [6.07, 6.45) is 2.85. The van der Waals surface area contributed by atoms with E-state index >= 15 is 0 Å². The lowest BCUT2D eigenvalue weighted by atomic mass is 9.83. The molecule has 2 unspecified atom stereocenters. The minimum Gasteiger partial charge on any atom is -0.480 e. The summed E-state index contributed by atoms with van der Waals surface area (Å²) in [5.74, 6) is -1.61. The van der Waals surface area contributed by atoms with Gasteiger partial charge in [-0.2, -0.15) is 0 Å². The van der Waals surface area contributed by atoms with Gasteiger partial charge in [-0.25, -0.2) is 9.59 Å². The van der Waals surface area contributed by atoms with E-state index in [4.69, 9.17) is 4.74 Å². The Labute approximate surface area is 206 Å². The second kappa shape index (κ2) is 10.5. The number of hydrogen-bond acceptors (Lipinski definition) is 4. The van der Waals surface area contributed by atoms with Crippen molar-refractivity contribution in [3.63, 3.8) is 0 Å². The van der Waals surface area contributed by atoms with Crippen molar-refractivity contribution in [1.82, 2.24) is 10.6 Å². The second-order valence-electron chi connectivity index (χ2n) is 9.61. The molecule has 0 saturated heterocycles. The number of carbonyl (C=O) groups is 3. The van der Waals surface area contributed by atoms with Crippen LogP contribution in [0.25, 0.3) is 11.1 Å². The van der Waals surface area contributed by atoms with Crippen LogP contribution in [0.1, 0.15) is 69.4 Å². The standard InChI is InChI=1S/C28H34N2O5/c1-3-28(4-2,26(32)33)30-25(31)18-10-9-11-19(16-18)29-27(34)35-17-24-22-14-7-5-12-20(22)21-13-6-8-15-23(21)24/h5-8,12-15,18-19,24H,3-4,9-11,16-17H2,1-2H3,(H,29,34)(H,30,31)(H,32,33). The fourth-order valence-corrected chi connectivity index (χ4v) is 5.49. The van der Waals surface area contributed by atoms with Gasteiger partial charge in [0.15, 0.2) is 0 Å². The molecule has 0 heterocycles. The van der Waals surface area contributed by atoms with Gasteiger partial charge < -0.3 is 20.5 Å². The number of amides is 2. The van der Waals surface area contributed by atoms with Crippen LogP contribution in [0.2, 0.25) is 0 Å². The van der Waals surface area contributed by atoms with E-state index in [2.05, 4.69) is 34.9 Å². The van der Waals surface area contributed by atoms with E-state index in [0.29, 0.717) is 25.7 Å². The lowest BCUT2D eigenvalue weighted by Crippen LogP contribution is -2.56. The number of rotatable bonds is 8. The molecule has 0 aliphatic heterocycles. The Morgan fingerprint density at radius 1 is 0.971 bits per heavy atom. The molecule has 3 N–H and O–H groups in total. The van der Waals surface area contributed by atoms with Crippen molar-refractivity contribution in [3.05, 3.63) is 59.7 Å². The molecule has 0 spiro atoms. The highest BCUT2D eigenvalue weighted by Gasteiger charge is 2.39. The van der Waals surface area contributed by atoms with E-state index in [1.807, 2.05) is 24.3 Å². The normalized spacial score (nSPS) is 19.4. The van der Waals surface area contributed by atoms with Gasteiger partial charge in [-0.1, -0.05) is 68.8 Å². The monoisotopic (exact) mass is 478 g/mol. The van der Waals surface area contributed by atoms with Crippen LogP contribution in [0.5, 0.6) is 0 Å². The molecule has 35 heavy (non-hydrogen) atoms. The van der Waals surface area contributed by atoms with Gasteiger partial charge in [0.1, 0.15) is 12.1 Å². The minimum atomic E-state index is -1.25. The molecule has 0 radical (unpaired) electrons. The van der Waals surface area contributed by atoms with E-state index in [0.717, 1.165) is 24.0 Å². The lowest BCUT2D eigenvalue weighted by molar-refractivity contribution is -0.149. The fourth-order valence-electron chi connectivity index (χ4n) is 5.49. The Hall–Kier alpha value is -3.35. The van der Waals surface area contributed by atoms with Crippen LogP contribution in [0.3, 0.4) is 0 Å². The van der Waals surface area contributed by atoms with Crippen LogP contribution >= 0.6 is 0 Å². The van der Waals surface area contributed by atoms with Gasteiger partial charge in [0.25, 0.3) is 0 Å². The highest BCUT2D eigenvalue weighted by atomic mass is 16.5. The number of nitrogens with one attached hydrogen (secondary N) is 2. The average molecular weight is 479 g/mol. The number of aliphatic carboxylic acids is 1. The summed E-state index contributed by atoms with van der Waals surface area (Å²) in [7, 11) is 0. The first-order chi connectivity index (χ1) is 16.9. The molecular weight excluding hydrogens is 444 g/mol. The molecule has 2 aliphatic rings. The van der Waals surface area contributed by atoms with E-state index in [-0.39, 0.29) is 30.4 Å². The Bertz CT molecular complexity index is 1050. The maximum absolute atomic E-state index is 12.9. The van der Waals surface area contributed by atoms with Crippen molar-refractivity contribution in [2.75, 3.05) is 6.61 Å². The highest BCUT2D eigenvalue weighted by Crippen LogP contribution is 2.44. The number of hydrogen-bond donors (Lipinski definition) is 3. The zero-order valence-electron chi connectivity index (χ0n) is 20.4. The Morgan fingerprint density at radius 2 is 1.57 bits per heavy atom. The van der Waals surface area contributed by atoms with Gasteiger partial charge in [0.05, 0.1) is 0 Å². The molecule has 7 heteroatoms. The van der Waals surface area contributed by atoms with E-state index in [1.165, 1.54) is 11.1 Å². The summed E-state index contributed by atoms with van der Waals surface area (Å²) in [5.41, 5.74) is 3.42. The number of carbonyl (C=O) groups excluding carboxylic acids is 2. The van der Waals surface area contributed by atoms with Gasteiger partial charge in [-0.15, -0.1) is 0 Å². The molecule has 2 aromatic carbocycles. The molecule has 186 valence electrons. The predicted molar refractivity (Wildman–Crippen MR) is 133 cm³/mol. The Morgan fingerprint density at radius 3 is 2.14 bits per heavy atom. The summed E-state index contributed by atoms with van der Waals surface area (Å²) < 4.78 is 5.66. The second-order valence-corrected chi connectivity index (χ2v) is 9.61. The third-order valence-corrected chi connectivity index (χ3v) is 7.69. The molecule has 2 atom stereocenters. The smallest absolute Gasteiger partial charge is 0.407 e. The first-order valence-electron chi connectivity index (χ1n) is 12.6. The summed E-state index contributed by atoms with van der Waals surface area (Å²) in [6.45, 7) is 3.77. The maximum atomic E-state index is 12.9. The highest BCUT2D eigenvalue weighted by molar-refractivity contribution is 5.88. The molecule has 7 nitrogen and oxygen atoms in total. The number of ether oxygens (including phenoxy) is 1. The molecule has 0 aromatic heterocycles. The third-order valence-electron chi connectivity index (χ3n) is 7.69. The maximum Gasteiger partial charge on any atom is 0.407 e. The predicted octanol–water partition coefficient (Wildman–Crippen LogP) is 4.84. The van der Waals surface area contributed by atoms with Crippen molar-refractivity contribution < 1.29 is 24.2 Å². The third kappa shape index (κ3) is 5.04. The molecule has 4 rings (SSSR count). The van der Waals surface area contributed by atoms with Gasteiger partial charge in [0.2, 0.25) is 5.91 Å². The van der Waals surface area contributed by atoms with Crippen LogP contribution in [0.15, 0.2) is 48.5 Å². The minimum absolute atomic E-state index is 0.00902. The zero-order chi connectivity index (χ0) is 25.0. The molecular formula is C28H34N2O5. The fraction of sp³-hybridized carbons (Fsp3) is 0.464.